The minimum atomic E-state index is -0.264. The van der Waals surface area contributed by atoms with Crippen molar-refractivity contribution in [2.45, 2.75) is 32.9 Å². The third-order valence-corrected chi connectivity index (χ3v) is 5.67. The number of rotatable bonds is 7. The summed E-state index contributed by atoms with van der Waals surface area (Å²) < 4.78 is 7.12. The molecule has 2 aromatic heterocycles. The van der Waals surface area contributed by atoms with Gasteiger partial charge in [0.1, 0.15) is 5.76 Å². The van der Waals surface area contributed by atoms with Gasteiger partial charge in [-0.2, -0.15) is 0 Å². The van der Waals surface area contributed by atoms with Gasteiger partial charge in [-0.25, -0.2) is 0 Å². The summed E-state index contributed by atoms with van der Waals surface area (Å²) in [5.41, 5.74) is 4.78. The normalized spacial score (nSPS) is 10.8. The summed E-state index contributed by atoms with van der Waals surface area (Å²) >= 11 is 1.26. The maximum atomic E-state index is 12.2. The maximum Gasteiger partial charge on any atom is 0.243 e. The Morgan fingerprint density at radius 3 is 2.43 bits per heavy atom. The van der Waals surface area contributed by atoms with Crippen molar-refractivity contribution in [1.29, 1.82) is 0 Å². The molecule has 0 aliphatic heterocycles. The lowest BCUT2D eigenvalue weighted by atomic mass is 10.1. The zero-order valence-corrected chi connectivity index (χ0v) is 18.5. The zero-order chi connectivity index (χ0) is 21.8. The maximum absolute atomic E-state index is 12.2. The zero-order valence-electron chi connectivity index (χ0n) is 17.7. The standard InChI is InChI=1S/C21H25N5O3S/c1-12-8-13(2)19(14(3)9-12)23-17(27)10-22-18(28)11-30-21-25-24-20(26(21)5)16-6-7-29-15(16)4/h6-9H,10-11H2,1-5H3,(H,22,28)(H,23,27). The third-order valence-electron chi connectivity index (χ3n) is 4.65. The molecule has 8 nitrogen and oxygen atoms in total. The van der Waals surface area contributed by atoms with Crippen molar-refractivity contribution in [3.63, 3.8) is 0 Å². The average Bonchev–Trinajstić information content (AvgIpc) is 3.26. The van der Waals surface area contributed by atoms with Crippen LogP contribution in [0.15, 0.2) is 34.0 Å². The van der Waals surface area contributed by atoms with E-state index in [9.17, 15) is 9.59 Å². The van der Waals surface area contributed by atoms with E-state index in [0.29, 0.717) is 11.0 Å². The summed E-state index contributed by atoms with van der Waals surface area (Å²) in [7, 11) is 1.84. The molecular weight excluding hydrogens is 402 g/mol. The molecule has 0 spiro atoms. The van der Waals surface area contributed by atoms with Gasteiger partial charge in [-0.3, -0.25) is 9.59 Å². The number of amides is 2. The average molecular weight is 428 g/mol. The SMILES string of the molecule is Cc1cc(C)c(NC(=O)CNC(=O)CSc2nnc(-c3ccoc3C)n2C)c(C)c1. The number of carbonyl (C=O) groups excluding carboxylic acids is 2. The van der Waals surface area contributed by atoms with Crippen LogP contribution in [0.5, 0.6) is 0 Å². The highest BCUT2D eigenvalue weighted by atomic mass is 32.2. The van der Waals surface area contributed by atoms with E-state index in [1.54, 1.807) is 6.26 Å². The van der Waals surface area contributed by atoms with Crippen LogP contribution >= 0.6 is 11.8 Å². The van der Waals surface area contributed by atoms with E-state index in [0.717, 1.165) is 33.7 Å². The molecule has 30 heavy (non-hydrogen) atoms. The molecule has 0 saturated heterocycles. The fourth-order valence-corrected chi connectivity index (χ4v) is 3.95. The molecule has 0 bridgehead atoms. The minimum absolute atomic E-state index is 0.0928. The van der Waals surface area contributed by atoms with E-state index in [1.165, 1.54) is 11.8 Å². The Labute approximate surface area is 179 Å². The van der Waals surface area contributed by atoms with Crippen LogP contribution in [0.4, 0.5) is 5.69 Å². The van der Waals surface area contributed by atoms with Crippen LogP contribution in [0, 0.1) is 27.7 Å². The van der Waals surface area contributed by atoms with Crippen LogP contribution in [0.1, 0.15) is 22.5 Å². The predicted molar refractivity (Wildman–Crippen MR) is 116 cm³/mol. The van der Waals surface area contributed by atoms with E-state index in [4.69, 9.17) is 4.42 Å². The smallest absolute Gasteiger partial charge is 0.243 e. The van der Waals surface area contributed by atoms with E-state index in [2.05, 4.69) is 20.8 Å². The number of nitrogens with zero attached hydrogens (tertiary/aromatic N) is 3. The molecule has 2 N–H and O–H groups in total. The predicted octanol–water partition coefficient (Wildman–Crippen LogP) is 3.16. The quantitative estimate of drug-likeness (QED) is 0.562. The molecule has 9 heteroatoms. The molecule has 2 heterocycles. The lowest BCUT2D eigenvalue weighted by molar-refractivity contribution is -0.122. The van der Waals surface area contributed by atoms with Gasteiger partial charge in [0.15, 0.2) is 11.0 Å². The summed E-state index contributed by atoms with van der Waals surface area (Å²) in [6.07, 6.45) is 1.60. The van der Waals surface area contributed by atoms with Crippen LogP contribution in [0.25, 0.3) is 11.4 Å². The molecule has 0 fully saturated rings. The Hall–Kier alpha value is -3.07. The topological polar surface area (TPSA) is 102 Å². The van der Waals surface area contributed by atoms with Crippen LogP contribution in [0.2, 0.25) is 0 Å². The number of hydrogen-bond donors (Lipinski definition) is 2. The fraction of sp³-hybridized carbons (Fsp3) is 0.333. The monoisotopic (exact) mass is 427 g/mol. The second-order valence-corrected chi connectivity index (χ2v) is 8.09. The fourth-order valence-electron chi connectivity index (χ4n) is 3.21. The first-order chi connectivity index (χ1) is 14.3. The first kappa shape index (κ1) is 21.6. The largest absolute Gasteiger partial charge is 0.469 e. The molecule has 3 rings (SSSR count). The van der Waals surface area contributed by atoms with E-state index >= 15 is 0 Å². The number of hydrogen-bond acceptors (Lipinski definition) is 6. The Morgan fingerprint density at radius 2 is 1.80 bits per heavy atom. The molecule has 0 radical (unpaired) electrons. The van der Waals surface area contributed by atoms with Crippen LogP contribution in [0.3, 0.4) is 0 Å². The van der Waals surface area contributed by atoms with Crippen molar-refractivity contribution in [3.05, 3.63) is 46.9 Å². The van der Waals surface area contributed by atoms with Gasteiger partial charge in [0.05, 0.1) is 24.1 Å². The van der Waals surface area contributed by atoms with Gasteiger partial charge in [-0.1, -0.05) is 29.5 Å². The number of benzene rings is 1. The molecule has 158 valence electrons. The molecule has 3 aromatic rings. The molecule has 0 atom stereocenters. The number of aryl methyl sites for hydroxylation is 4. The van der Waals surface area contributed by atoms with Crippen molar-refractivity contribution in [3.8, 4) is 11.4 Å². The van der Waals surface area contributed by atoms with Crippen LogP contribution in [-0.4, -0.2) is 38.9 Å². The molecule has 0 saturated carbocycles. The van der Waals surface area contributed by atoms with Crippen molar-refractivity contribution >= 4 is 29.3 Å². The van der Waals surface area contributed by atoms with Gasteiger partial charge in [-0.05, 0) is 44.9 Å². The molecular formula is C21H25N5O3S. The highest BCUT2D eigenvalue weighted by molar-refractivity contribution is 7.99. The molecule has 0 aliphatic carbocycles. The first-order valence-corrected chi connectivity index (χ1v) is 10.5. The Kier molecular flexibility index (Phi) is 6.61. The first-order valence-electron chi connectivity index (χ1n) is 9.47. The third kappa shape index (κ3) is 4.91. The lowest BCUT2D eigenvalue weighted by Crippen LogP contribution is -2.34. The number of thioether (sulfide) groups is 1. The number of nitrogens with one attached hydrogen (secondary N) is 2. The number of carbonyl (C=O) groups is 2. The van der Waals surface area contributed by atoms with Gasteiger partial charge in [0, 0.05) is 12.7 Å². The van der Waals surface area contributed by atoms with Gasteiger partial charge in [0.25, 0.3) is 0 Å². The highest BCUT2D eigenvalue weighted by Gasteiger charge is 2.16. The van der Waals surface area contributed by atoms with Gasteiger partial charge < -0.3 is 19.6 Å². The molecule has 0 aliphatic rings. The second-order valence-electron chi connectivity index (χ2n) is 7.14. The van der Waals surface area contributed by atoms with Gasteiger partial charge in [-0.15, -0.1) is 10.2 Å². The highest BCUT2D eigenvalue weighted by Crippen LogP contribution is 2.25. The van der Waals surface area contributed by atoms with Gasteiger partial charge in [0.2, 0.25) is 11.8 Å². The van der Waals surface area contributed by atoms with Crippen molar-refractivity contribution in [1.82, 2.24) is 20.1 Å². The van der Waals surface area contributed by atoms with Crippen molar-refractivity contribution in [2.24, 2.45) is 7.05 Å². The van der Waals surface area contributed by atoms with E-state index in [-0.39, 0.29) is 24.1 Å². The summed E-state index contributed by atoms with van der Waals surface area (Å²) in [5.74, 6) is 1.04. The Bertz CT molecular complexity index is 1060. The Balaban J connectivity index is 1.51. The van der Waals surface area contributed by atoms with Crippen molar-refractivity contribution in [2.75, 3.05) is 17.6 Å². The summed E-state index contributed by atoms with van der Waals surface area (Å²) in [5, 5.41) is 14.4. The molecule has 0 unspecified atom stereocenters. The van der Waals surface area contributed by atoms with Gasteiger partial charge >= 0.3 is 0 Å². The van der Waals surface area contributed by atoms with E-state index < -0.39 is 0 Å². The number of aromatic nitrogens is 3. The number of anilines is 1. The summed E-state index contributed by atoms with van der Waals surface area (Å²) in [6, 6.07) is 5.85. The summed E-state index contributed by atoms with van der Waals surface area (Å²) in [6.45, 7) is 7.68. The van der Waals surface area contributed by atoms with Crippen LogP contribution in [-0.2, 0) is 16.6 Å². The second kappa shape index (κ2) is 9.17. The lowest BCUT2D eigenvalue weighted by Gasteiger charge is -2.13. The van der Waals surface area contributed by atoms with Crippen molar-refractivity contribution < 1.29 is 14.0 Å². The number of furan rings is 1. The van der Waals surface area contributed by atoms with Crippen LogP contribution < -0.4 is 10.6 Å². The minimum Gasteiger partial charge on any atom is -0.469 e. The molecule has 2 amide bonds. The van der Waals surface area contributed by atoms with E-state index in [1.807, 2.05) is 57.5 Å². The molecule has 1 aromatic carbocycles. The Morgan fingerprint density at radius 1 is 1.10 bits per heavy atom. The summed E-state index contributed by atoms with van der Waals surface area (Å²) in [4.78, 5) is 24.4.